The lowest BCUT2D eigenvalue weighted by atomic mass is 9.98. The smallest absolute Gasteiger partial charge is 0.136 e. The van der Waals surface area contributed by atoms with E-state index in [0.29, 0.717) is 33.4 Å². The molecule has 0 amide bonds. The van der Waals surface area contributed by atoms with Crippen LogP contribution in [-0.2, 0) is 0 Å². The third-order valence-electron chi connectivity index (χ3n) is 8.31. The molecule has 3 heterocycles. The maximum absolute atomic E-state index is 9.24. The van der Waals surface area contributed by atoms with Gasteiger partial charge in [-0.05, 0) is 60.1 Å². The number of para-hydroxylation sites is 5. The first-order valence-corrected chi connectivity index (χ1v) is 14.1. The molecule has 0 aliphatic heterocycles. The van der Waals surface area contributed by atoms with Gasteiger partial charge in [0.1, 0.15) is 11.2 Å². The summed E-state index contributed by atoms with van der Waals surface area (Å²) in [6.45, 7) is 0. The zero-order valence-electron chi connectivity index (χ0n) is 38.2. The molecule has 10 aromatic rings. The number of aromatic nitrogens is 2. The van der Waals surface area contributed by atoms with Gasteiger partial charge in [-0.25, -0.2) is 0 Å². The van der Waals surface area contributed by atoms with Gasteiger partial charge in [0.2, 0.25) is 0 Å². The number of benzene rings is 7. The van der Waals surface area contributed by atoms with Crippen molar-refractivity contribution in [2.75, 3.05) is 0 Å². The van der Waals surface area contributed by atoms with Gasteiger partial charge in [-0.15, -0.1) is 0 Å². The van der Waals surface area contributed by atoms with Crippen LogP contribution in [0.15, 0.2) is 162 Å². The van der Waals surface area contributed by atoms with E-state index >= 15 is 0 Å². The average Bonchev–Trinajstić information content (AvgIpc) is 3.93. The fraction of sp³-hybridized carbons (Fsp3) is 0. The molecule has 10 rings (SSSR count). The second-order valence-electron chi connectivity index (χ2n) is 10.6. The zero-order valence-corrected chi connectivity index (χ0v) is 23.2. The first kappa shape index (κ1) is 14.1. The van der Waals surface area contributed by atoms with Crippen LogP contribution in [0, 0.1) is 0 Å². The van der Waals surface area contributed by atoms with Crippen LogP contribution < -0.4 is 0 Å². The van der Waals surface area contributed by atoms with Crippen molar-refractivity contribution in [3.8, 4) is 22.5 Å². The highest BCUT2D eigenvalue weighted by Crippen LogP contribution is 2.42. The molecule has 0 bridgehead atoms. The summed E-state index contributed by atoms with van der Waals surface area (Å²) in [5.41, 5.74) is 2.32. The zero-order chi connectivity index (χ0) is 42.5. The summed E-state index contributed by atoms with van der Waals surface area (Å²) in [7, 11) is 0. The minimum absolute atomic E-state index is 0.0159. The average molecular weight is 590 g/mol. The number of hydrogen-bond acceptors (Lipinski definition) is 1. The van der Waals surface area contributed by atoms with E-state index in [4.69, 9.17) is 23.6 Å². The fourth-order valence-corrected chi connectivity index (χ4v) is 6.48. The molecular formula is C42H26N2O. The SMILES string of the molecule is [2H]c1c([2H])c([2H])c2c(oc3c([2H])c([2H])c([2H])c(-c4ccccc4-n4c5ccccc5c5cc(-n6c7c([2H])c([2H])c([2H])c([2H])c7c7c([2H])c([2H])c([2H])c([2H])c76)ccc54)c32)c1[2H]. The van der Waals surface area contributed by atoms with Gasteiger partial charge in [-0.2, -0.15) is 0 Å². The van der Waals surface area contributed by atoms with Gasteiger partial charge < -0.3 is 13.6 Å². The minimum atomic E-state index is -0.539. The van der Waals surface area contributed by atoms with E-state index in [9.17, 15) is 1.37 Å². The van der Waals surface area contributed by atoms with E-state index in [1.54, 1.807) is 42.5 Å². The predicted molar refractivity (Wildman–Crippen MR) is 188 cm³/mol. The van der Waals surface area contributed by atoms with E-state index in [2.05, 4.69) is 0 Å². The summed E-state index contributed by atoms with van der Waals surface area (Å²) in [5, 5.41) is 1.38. The van der Waals surface area contributed by atoms with Crippen molar-refractivity contribution in [2.24, 2.45) is 0 Å². The van der Waals surface area contributed by atoms with Crippen LogP contribution in [-0.4, -0.2) is 9.13 Å². The summed E-state index contributed by atoms with van der Waals surface area (Å²) < 4.78 is 140. The molecule has 0 radical (unpaired) electrons. The topological polar surface area (TPSA) is 23.0 Å². The normalized spacial score (nSPS) is 16.7. The van der Waals surface area contributed by atoms with Gasteiger partial charge >= 0.3 is 0 Å². The molecule has 0 fully saturated rings. The Bertz CT molecular complexity index is 3540. The van der Waals surface area contributed by atoms with Crippen LogP contribution in [0.2, 0.25) is 0 Å². The van der Waals surface area contributed by atoms with Gasteiger partial charge in [-0.3, -0.25) is 0 Å². The molecule has 210 valence electrons. The third-order valence-corrected chi connectivity index (χ3v) is 8.31. The van der Waals surface area contributed by atoms with Gasteiger partial charge in [0.05, 0.1) is 48.3 Å². The van der Waals surface area contributed by atoms with E-state index in [1.807, 2.05) is 28.8 Å². The largest absolute Gasteiger partial charge is 0.456 e. The minimum Gasteiger partial charge on any atom is -0.456 e. The maximum atomic E-state index is 9.24. The highest BCUT2D eigenvalue weighted by Gasteiger charge is 2.20. The Labute approximate surface area is 279 Å². The Balaban J connectivity index is 1.32. The van der Waals surface area contributed by atoms with E-state index < -0.39 is 84.6 Å². The van der Waals surface area contributed by atoms with Gasteiger partial charge in [-0.1, -0.05) is 103 Å². The Kier molecular flexibility index (Phi) is 2.90. The second-order valence-corrected chi connectivity index (χ2v) is 10.6. The monoisotopic (exact) mass is 589 g/mol. The lowest BCUT2D eigenvalue weighted by Gasteiger charge is -2.15. The highest BCUT2D eigenvalue weighted by molar-refractivity contribution is 6.15. The van der Waals surface area contributed by atoms with Crippen molar-refractivity contribution < 1.29 is 25.0 Å². The first-order valence-electron chi connectivity index (χ1n) is 21.6. The van der Waals surface area contributed by atoms with E-state index in [0.717, 1.165) is 5.39 Å². The second kappa shape index (κ2) is 9.22. The van der Waals surface area contributed by atoms with Gasteiger partial charge in [0, 0.05) is 43.6 Å². The maximum Gasteiger partial charge on any atom is 0.136 e. The molecular weight excluding hydrogens is 548 g/mol. The summed E-state index contributed by atoms with van der Waals surface area (Å²) >= 11 is 0. The molecule has 3 aromatic heterocycles. The van der Waals surface area contributed by atoms with Crippen molar-refractivity contribution >= 4 is 65.6 Å². The van der Waals surface area contributed by atoms with Crippen LogP contribution in [0.1, 0.15) is 20.6 Å². The molecule has 0 saturated heterocycles. The van der Waals surface area contributed by atoms with Crippen molar-refractivity contribution in [3.05, 3.63) is 157 Å². The molecule has 45 heavy (non-hydrogen) atoms. The molecule has 0 saturated carbocycles. The molecule has 7 aromatic carbocycles. The standard InChI is InChI=1S/C42H26N2O/c1-6-18-35-28(12-1)29-13-2-7-19-36(29)43(35)27-24-25-39-34(26-27)31-15-4-9-21-38(31)44(39)37-20-8-3-14-30(37)32-17-11-23-41-42(32)33-16-5-10-22-40(33)45-41/h1-26H/i1D,2D,5D,6D,7D,10D,11D,12D,13D,16D,17D,18D,19D,22D,23D. The van der Waals surface area contributed by atoms with Crippen LogP contribution in [0.25, 0.3) is 88.1 Å². The predicted octanol–water partition coefficient (Wildman–Crippen LogP) is 11.4. The number of furan rings is 1. The van der Waals surface area contributed by atoms with E-state index in [1.165, 1.54) is 4.57 Å². The molecule has 0 spiro atoms. The molecule has 3 nitrogen and oxygen atoms in total. The Hall–Kier alpha value is -6.06. The Morgan fingerprint density at radius 1 is 0.444 bits per heavy atom. The molecule has 0 atom stereocenters. The van der Waals surface area contributed by atoms with Crippen LogP contribution in [0.5, 0.6) is 0 Å². The summed E-state index contributed by atoms with van der Waals surface area (Å²) in [6.07, 6.45) is 0. The number of fused-ring (bicyclic) bond motifs is 9. The number of nitrogens with zero attached hydrogens (tertiary/aromatic N) is 2. The summed E-state index contributed by atoms with van der Waals surface area (Å²) in [4.78, 5) is 0. The molecule has 0 aliphatic rings. The summed E-state index contributed by atoms with van der Waals surface area (Å²) in [6, 6.07) is 12.7. The fourth-order valence-electron chi connectivity index (χ4n) is 6.48. The molecule has 0 aliphatic carbocycles. The lowest BCUT2D eigenvalue weighted by molar-refractivity contribution is 0.669. The lowest BCUT2D eigenvalue weighted by Crippen LogP contribution is -1.98. The van der Waals surface area contributed by atoms with Crippen LogP contribution in [0.4, 0.5) is 0 Å². The van der Waals surface area contributed by atoms with Crippen molar-refractivity contribution in [2.45, 2.75) is 0 Å². The van der Waals surface area contributed by atoms with Crippen LogP contribution in [0.3, 0.4) is 0 Å². The first-order chi connectivity index (χ1) is 28.6. The van der Waals surface area contributed by atoms with Crippen molar-refractivity contribution in [1.29, 1.82) is 0 Å². The molecule has 3 heteroatoms. The summed E-state index contributed by atoms with van der Waals surface area (Å²) in [5.74, 6) is 0. The third kappa shape index (κ3) is 3.41. The number of rotatable bonds is 3. The molecule has 0 N–H and O–H groups in total. The van der Waals surface area contributed by atoms with Crippen molar-refractivity contribution in [3.63, 3.8) is 0 Å². The number of hydrogen-bond donors (Lipinski definition) is 0. The van der Waals surface area contributed by atoms with Crippen molar-refractivity contribution in [1.82, 2.24) is 9.13 Å². The Morgan fingerprint density at radius 3 is 1.96 bits per heavy atom. The van der Waals surface area contributed by atoms with Crippen LogP contribution >= 0.6 is 0 Å². The van der Waals surface area contributed by atoms with Gasteiger partial charge in [0.25, 0.3) is 0 Å². The quantitative estimate of drug-likeness (QED) is 0.201. The highest BCUT2D eigenvalue weighted by atomic mass is 16.3. The Morgan fingerprint density at radius 2 is 1.11 bits per heavy atom. The van der Waals surface area contributed by atoms with Gasteiger partial charge in [0.15, 0.2) is 0 Å². The molecule has 0 unspecified atom stereocenters. The van der Waals surface area contributed by atoms with E-state index in [-0.39, 0.29) is 55.4 Å².